The van der Waals surface area contributed by atoms with Crippen molar-refractivity contribution in [1.82, 2.24) is 14.8 Å². The number of thioether (sulfide) groups is 1. The first kappa shape index (κ1) is 15.9. The Kier molecular flexibility index (Phi) is 5.64. The zero-order valence-electron chi connectivity index (χ0n) is 12.0. The molecule has 0 bridgehead atoms. The third kappa shape index (κ3) is 3.98. The molecule has 1 aromatic carbocycles. The molecule has 0 saturated heterocycles. The van der Waals surface area contributed by atoms with Crippen LogP contribution in [0.25, 0.3) is 0 Å². The van der Waals surface area contributed by atoms with Gasteiger partial charge in [-0.1, -0.05) is 42.4 Å². The first-order valence-electron chi connectivity index (χ1n) is 6.75. The number of anilines is 1. The van der Waals surface area contributed by atoms with Crippen molar-refractivity contribution in [3.63, 3.8) is 0 Å². The monoisotopic (exact) mass is 324 g/mol. The fourth-order valence-electron chi connectivity index (χ4n) is 1.88. The number of halogens is 1. The standard InChI is InChI=1S/C14H17ClN4OS/c1-3-12-17-18-14(19(12)4-2)21-9-13(20)16-11-8-6-5-7-10(11)15/h5-8H,3-4,9H2,1-2H3,(H,16,20). The van der Waals surface area contributed by atoms with Crippen LogP contribution in [0.4, 0.5) is 5.69 Å². The average molecular weight is 325 g/mol. The number of rotatable bonds is 6. The number of aromatic nitrogens is 3. The Bertz CT molecular complexity index is 629. The minimum absolute atomic E-state index is 0.114. The first-order chi connectivity index (χ1) is 10.2. The van der Waals surface area contributed by atoms with Crippen LogP contribution in [0.15, 0.2) is 29.4 Å². The number of carbonyl (C=O) groups excluding carboxylic acids is 1. The highest BCUT2D eigenvalue weighted by Gasteiger charge is 2.12. The summed E-state index contributed by atoms with van der Waals surface area (Å²) < 4.78 is 2.02. The van der Waals surface area contributed by atoms with Crippen LogP contribution in [-0.4, -0.2) is 26.4 Å². The molecule has 1 amide bonds. The van der Waals surface area contributed by atoms with E-state index in [9.17, 15) is 4.79 Å². The topological polar surface area (TPSA) is 59.8 Å². The van der Waals surface area contributed by atoms with E-state index in [0.717, 1.165) is 23.9 Å². The second-order valence-electron chi connectivity index (χ2n) is 4.31. The number of nitrogens with zero attached hydrogens (tertiary/aromatic N) is 3. The van der Waals surface area contributed by atoms with E-state index in [0.29, 0.717) is 10.7 Å². The Labute approximate surface area is 133 Å². The van der Waals surface area contributed by atoms with E-state index in [4.69, 9.17) is 11.6 Å². The van der Waals surface area contributed by atoms with Gasteiger partial charge < -0.3 is 9.88 Å². The summed E-state index contributed by atoms with van der Waals surface area (Å²) in [6, 6.07) is 7.17. The lowest BCUT2D eigenvalue weighted by atomic mass is 10.3. The minimum atomic E-state index is -0.114. The van der Waals surface area contributed by atoms with Crippen molar-refractivity contribution >= 4 is 35.0 Å². The maximum absolute atomic E-state index is 12.0. The Morgan fingerprint density at radius 1 is 1.33 bits per heavy atom. The van der Waals surface area contributed by atoms with E-state index in [-0.39, 0.29) is 11.7 Å². The molecule has 0 aliphatic heterocycles. The van der Waals surface area contributed by atoms with Crippen molar-refractivity contribution in [2.75, 3.05) is 11.1 Å². The lowest BCUT2D eigenvalue weighted by Gasteiger charge is -2.07. The van der Waals surface area contributed by atoms with E-state index in [1.807, 2.05) is 30.5 Å². The Balaban J connectivity index is 1.95. The van der Waals surface area contributed by atoms with Gasteiger partial charge in [-0.3, -0.25) is 4.79 Å². The highest BCUT2D eigenvalue weighted by atomic mass is 35.5. The van der Waals surface area contributed by atoms with Crippen molar-refractivity contribution in [2.24, 2.45) is 0 Å². The van der Waals surface area contributed by atoms with Gasteiger partial charge in [-0.25, -0.2) is 0 Å². The highest BCUT2D eigenvalue weighted by Crippen LogP contribution is 2.22. The molecule has 0 aliphatic carbocycles. The summed E-state index contributed by atoms with van der Waals surface area (Å²) in [7, 11) is 0. The molecular formula is C14H17ClN4OS. The molecule has 2 aromatic rings. The van der Waals surface area contributed by atoms with Crippen molar-refractivity contribution < 1.29 is 4.79 Å². The number of nitrogens with one attached hydrogen (secondary N) is 1. The minimum Gasteiger partial charge on any atom is -0.324 e. The van der Waals surface area contributed by atoms with Crippen LogP contribution in [0.2, 0.25) is 5.02 Å². The molecular weight excluding hydrogens is 308 g/mol. The van der Waals surface area contributed by atoms with Gasteiger partial charge in [0.05, 0.1) is 16.5 Å². The fourth-order valence-corrected chi connectivity index (χ4v) is 2.89. The highest BCUT2D eigenvalue weighted by molar-refractivity contribution is 7.99. The molecule has 2 rings (SSSR count). The molecule has 0 aliphatic rings. The number of hydrogen-bond acceptors (Lipinski definition) is 4. The average Bonchev–Trinajstić information content (AvgIpc) is 2.89. The third-order valence-electron chi connectivity index (χ3n) is 2.91. The molecule has 0 atom stereocenters. The lowest BCUT2D eigenvalue weighted by molar-refractivity contribution is -0.113. The van der Waals surface area contributed by atoms with Gasteiger partial charge in [0.1, 0.15) is 5.82 Å². The number of benzene rings is 1. The molecule has 112 valence electrons. The van der Waals surface area contributed by atoms with E-state index in [1.54, 1.807) is 12.1 Å². The zero-order chi connectivity index (χ0) is 15.2. The molecule has 1 N–H and O–H groups in total. The summed E-state index contributed by atoms with van der Waals surface area (Å²) in [4.78, 5) is 12.0. The molecule has 1 aromatic heterocycles. The van der Waals surface area contributed by atoms with E-state index in [2.05, 4.69) is 15.5 Å². The van der Waals surface area contributed by atoms with Gasteiger partial charge in [0.2, 0.25) is 5.91 Å². The number of carbonyl (C=O) groups is 1. The molecule has 0 radical (unpaired) electrons. The molecule has 0 saturated carbocycles. The van der Waals surface area contributed by atoms with Crippen LogP contribution < -0.4 is 5.32 Å². The van der Waals surface area contributed by atoms with Gasteiger partial charge in [-0.15, -0.1) is 10.2 Å². The lowest BCUT2D eigenvalue weighted by Crippen LogP contribution is -2.15. The number of hydrogen-bond donors (Lipinski definition) is 1. The predicted molar refractivity (Wildman–Crippen MR) is 85.9 cm³/mol. The summed E-state index contributed by atoms with van der Waals surface area (Å²) in [6.45, 7) is 4.87. The Morgan fingerprint density at radius 3 is 2.76 bits per heavy atom. The van der Waals surface area contributed by atoms with Gasteiger partial charge in [-0.2, -0.15) is 0 Å². The molecule has 0 spiro atoms. The quantitative estimate of drug-likeness (QED) is 0.829. The van der Waals surface area contributed by atoms with Gasteiger partial charge in [0.15, 0.2) is 5.16 Å². The maximum Gasteiger partial charge on any atom is 0.234 e. The van der Waals surface area contributed by atoms with Crippen molar-refractivity contribution in [2.45, 2.75) is 32.0 Å². The van der Waals surface area contributed by atoms with Crippen LogP contribution in [-0.2, 0) is 17.8 Å². The third-order valence-corrected chi connectivity index (χ3v) is 4.20. The molecule has 7 heteroatoms. The van der Waals surface area contributed by atoms with Crippen LogP contribution >= 0.6 is 23.4 Å². The number of para-hydroxylation sites is 1. The largest absolute Gasteiger partial charge is 0.324 e. The van der Waals surface area contributed by atoms with Gasteiger partial charge in [0.25, 0.3) is 0 Å². The summed E-state index contributed by atoms with van der Waals surface area (Å²) >= 11 is 7.38. The van der Waals surface area contributed by atoms with Crippen molar-refractivity contribution in [3.8, 4) is 0 Å². The second-order valence-corrected chi connectivity index (χ2v) is 5.66. The summed E-state index contributed by atoms with van der Waals surface area (Å²) in [5.41, 5.74) is 0.621. The number of aryl methyl sites for hydroxylation is 1. The second kappa shape index (κ2) is 7.47. The van der Waals surface area contributed by atoms with Crippen LogP contribution in [0.1, 0.15) is 19.7 Å². The van der Waals surface area contributed by atoms with Crippen LogP contribution in [0.3, 0.4) is 0 Å². The van der Waals surface area contributed by atoms with Gasteiger partial charge in [0, 0.05) is 13.0 Å². The van der Waals surface area contributed by atoms with Gasteiger partial charge >= 0.3 is 0 Å². The SMILES string of the molecule is CCc1nnc(SCC(=O)Nc2ccccc2Cl)n1CC. The molecule has 0 fully saturated rings. The first-order valence-corrected chi connectivity index (χ1v) is 8.11. The summed E-state index contributed by atoms with van der Waals surface area (Å²) in [5.74, 6) is 1.09. The number of amides is 1. The normalized spacial score (nSPS) is 10.6. The van der Waals surface area contributed by atoms with Crippen molar-refractivity contribution in [3.05, 3.63) is 35.1 Å². The predicted octanol–water partition coefficient (Wildman–Crippen LogP) is 3.24. The maximum atomic E-state index is 12.0. The van der Waals surface area contributed by atoms with E-state index < -0.39 is 0 Å². The molecule has 21 heavy (non-hydrogen) atoms. The summed E-state index contributed by atoms with van der Waals surface area (Å²) in [6.07, 6.45) is 0.827. The molecule has 0 unspecified atom stereocenters. The molecule has 1 heterocycles. The van der Waals surface area contributed by atoms with Gasteiger partial charge in [-0.05, 0) is 19.1 Å². The van der Waals surface area contributed by atoms with Crippen LogP contribution in [0.5, 0.6) is 0 Å². The fraction of sp³-hybridized carbons (Fsp3) is 0.357. The van der Waals surface area contributed by atoms with Crippen LogP contribution in [0, 0.1) is 0 Å². The smallest absolute Gasteiger partial charge is 0.234 e. The van der Waals surface area contributed by atoms with Crippen molar-refractivity contribution in [1.29, 1.82) is 0 Å². The molecule has 5 nitrogen and oxygen atoms in total. The summed E-state index contributed by atoms with van der Waals surface area (Å²) in [5, 5.41) is 12.3. The Hall–Kier alpha value is -1.53. The Morgan fingerprint density at radius 2 is 2.10 bits per heavy atom. The van der Waals surface area contributed by atoms with E-state index in [1.165, 1.54) is 11.8 Å². The van der Waals surface area contributed by atoms with E-state index >= 15 is 0 Å². The zero-order valence-corrected chi connectivity index (χ0v) is 13.5.